The third kappa shape index (κ3) is 3.26. The number of nitro benzene ring substituents is 1. The van der Waals surface area contributed by atoms with Gasteiger partial charge in [0.15, 0.2) is 0 Å². The van der Waals surface area contributed by atoms with Gasteiger partial charge in [0, 0.05) is 30.4 Å². The number of hydrogen-bond donors (Lipinski definition) is 1. The number of pyridine rings is 1. The molecule has 0 aliphatic heterocycles. The second-order valence-electron chi connectivity index (χ2n) is 4.36. The molecule has 21 heavy (non-hydrogen) atoms. The molecule has 0 atom stereocenters. The summed E-state index contributed by atoms with van der Waals surface area (Å²) in [5.41, 5.74) is 6.99. The van der Waals surface area contributed by atoms with Crippen LogP contribution in [-0.4, -0.2) is 17.0 Å². The topological polar surface area (TPSA) is 101 Å². The Morgan fingerprint density at radius 2 is 2.14 bits per heavy atom. The maximum atomic E-state index is 11.0. The van der Waals surface area contributed by atoms with Gasteiger partial charge in [0.1, 0.15) is 5.75 Å². The van der Waals surface area contributed by atoms with Gasteiger partial charge in [-0.1, -0.05) is 0 Å². The minimum atomic E-state index is -0.516. The molecule has 1 aromatic heterocycles. The normalized spacial score (nSPS) is 10.2. The van der Waals surface area contributed by atoms with E-state index >= 15 is 0 Å². The Bertz CT molecular complexity index is 673. The molecule has 110 valence electrons. The molecular formula is C14H15N3O4. The maximum absolute atomic E-state index is 11.0. The number of aromatic nitrogens is 1. The SMILES string of the molecule is COc1ccc([N+](=O)[O-])c(Oc2ncc(CN)cc2C)c1. The van der Waals surface area contributed by atoms with Crippen LogP contribution in [0, 0.1) is 17.0 Å². The molecule has 0 saturated carbocycles. The number of nitro groups is 1. The summed E-state index contributed by atoms with van der Waals surface area (Å²) in [5.74, 6) is 0.839. The van der Waals surface area contributed by atoms with E-state index < -0.39 is 4.92 Å². The molecular weight excluding hydrogens is 274 g/mol. The molecule has 0 bridgehead atoms. The van der Waals surface area contributed by atoms with Crippen molar-refractivity contribution < 1.29 is 14.4 Å². The van der Waals surface area contributed by atoms with Crippen LogP contribution in [0.15, 0.2) is 30.5 Å². The molecule has 2 N–H and O–H groups in total. The summed E-state index contributed by atoms with van der Waals surface area (Å²) in [5, 5.41) is 11.0. The van der Waals surface area contributed by atoms with Gasteiger partial charge in [0.25, 0.3) is 0 Å². The van der Waals surface area contributed by atoms with Gasteiger partial charge in [-0.05, 0) is 24.6 Å². The zero-order valence-corrected chi connectivity index (χ0v) is 11.7. The molecule has 7 nitrogen and oxygen atoms in total. The van der Waals surface area contributed by atoms with E-state index in [1.165, 1.54) is 25.3 Å². The van der Waals surface area contributed by atoms with Gasteiger partial charge in [-0.25, -0.2) is 4.98 Å². The molecule has 2 aromatic rings. The molecule has 7 heteroatoms. The third-order valence-corrected chi connectivity index (χ3v) is 2.89. The van der Waals surface area contributed by atoms with Crippen molar-refractivity contribution in [2.45, 2.75) is 13.5 Å². The Hall–Kier alpha value is -2.67. The summed E-state index contributed by atoms with van der Waals surface area (Å²) < 4.78 is 10.6. The molecule has 0 amide bonds. The van der Waals surface area contributed by atoms with Crippen LogP contribution < -0.4 is 15.2 Å². The van der Waals surface area contributed by atoms with Crippen molar-refractivity contribution in [2.75, 3.05) is 7.11 Å². The average Bonchev–Trinajstić information content (AvgIpc) is 2.48. The first-order valence-corrected chi connectivity index (χ1v) is 6.21. The van der Waals surface area contributed by atoms with E-state index in [0.717, 1.165) is 11.1 Å². The van der Waals surface area contributed by atoms with Gasteiger partial charge in [0.2, 0.25) is 11.6 Å². The first kappa shape index (κ1) is 14.7. The Morgan fingerprint density at radius 1 is 1.38 bits per heavy atom. The first-order chi connectivity index (χ1) is 10.0. The van der Waals surface area contributed by atoms with Gasteiger partial charge in [-0.2, -0.15) is 0 Å². The second kappa shape index (κ2) is 6.19. The lowest BCUT2D eigenvalue weighted by Crippen LogP contribution is -2.00. The largest absolute Gasteiger partial charge is 0.497 e. The van der Waals surface area contributed by atoms with Crippen LogP contribution in [0.4, 0.5) is 5.69 Å². The highest BCUT2D eigenvalue weighted by Gasteiger charge is 2.18. The predicted octanol–water partition coefficient (Wildman–Crippen LogP) is 2.56. The van der Waals surface area contributed by atoms with Crippen LogP contribution in [0.1, 0.15) is 11.1 Å². The van der Waals surface area contributed by atoms with E-state index in [4.69, 9.17) is 15.2 Å². The minimum absolute atomic E-state index is 0.0791. The quantitative estimate of drug-likeness (QED) is 0.670. The number of nitrogens with zero attached hydrogens (tertiary/aromatic N) is 2. The van der Waals surface area contributed by atoms with Gasteiger partial charge in [-0.15, -0.1) is 0 Å². The molecule has 0 aliphatic carbocycles. The lowest BCUT2D eigenvalue weighted by atomic mass is 10.2. The second-order valence-corrected chi connectivity index (χ2v) is 4.36. The fraction of sp³-hybridized carbons (Fsp3) is 0.214. The van der Waals surface area contributed by atoms with Gasteiger partial charge in [-0.3, -0.25) is 10.1 Å². The predicted molar refractivity (Wildman–Crippen MR) is 76.6 cm³/mol. The minimum Gasteiger partial charge on any atom is -0.497 e. The van der Waals surface area contributed by atoms with E-state index in [0.29, 0.717) is 18.2 Å². The molecule has 0 radical (unpaired) electrons. The Morgan fingerprint density at radius 3 is 2.71 bits per heavy atom. The summed E-state index contributed by atoms with van der Waals surface area (Å²) >= 11 is 0. The molecule has 2 rings (SSSR count). The summed E-state index contributed by atoms with van der Waals surface area (Å²) in [7, 11) is 1.48. The number of aryl methyl sites for hydroxylation is 1. The van der Waals surface area contributed by atoms with E-state index in [9.17, 15) is 10.1 Å². The molecule has 1 aromatic carbocycles. The number of benzene rings is 1. The summed E-state index contributed by atoms with van der Waals surface area (Å²) in [6.45, 7) is 2.17. The standard InChI is InChI=1S/C14H15N3O4/c1-9-5-10(7-15)8-16-14(9)21-13-6-11(20-2)3-4-12(13)17(18)19/h3-6,8H,7,15H2,1-2H3. The highest BCUT2D eigenvalue weighted by Crippen LogP contribution is 2.34. The lowest BCUT2D eigenvalue weighted by Gasteiger charge is -2.10. The van der Waals surface area contributed by atoms with Crippen molar-refractivity contribution in [2.24, 2.45) is 5.73 Å². The van der Waals surface area contributed by atoms with Crippen LogP contribution in [0.25, 0.3) is 0 Å². The van der Waals surface area contributed by atoms with Crippen LogP contribution in [-0.2, 0) is 6.54 Å². The zero-order chi connectivity index (χ0) is 15.4. The van der Waals surface area contributed by atoms with Gasteiger partial charge < -0.3 is 15.2 Å². The monoisotopic (exact) mass is 289 g/mol. The van der Waals surface area contributed by atoms with Crippen LogP contribution in [0.5, 0.6) is 17.4 Å². The number of rotatable bonds is 5. The van der Waals surface area contributed by atoms with E-state index in [1.54, 1.807) is 13.1 Å². The zero-order valence-electron chi connectivity index (χ0n) is 11.7. The Labute approximate surface area is 121 Å². The van der Waals surface area contributed by atoms with Crippen LogP contribution in [0.2, 0.25) is 0 Å². The highest BCUT2D eigenvalue weighted by molar-refractivity contribution is 5.52. The van der Waals surface area contributed by atoms with E-state index in [1.807, 2.05) is 6.07 Å². The van der Waals surface area contributed by atoms with Crippen LogP contribution in [0.3, 0.4) is 0 Å². The van der Waals surface area contributed by atoms with E-state index in [2.05, 4.69) is 4.98 Å². The van der Waals surface area contributed by atoms with Crippen molar-refractivity contribution >= 4 is 5.69 Å². The highest BCUT2D eigenvalue weighted by atomic mass is 16.6. The molecule has 0 saturated heterocycles. The smallest absolute Gasteiger partial charge is 0.311 e. The fourth-order valence-electron chi connectivity index (χ4n) is 1.80. The fourth-order valence-corrected chi connectivity index (χ4v) is 1.80. The third-order valence-electron chi connectivity index (χ3n) is 2.89. The van der Waals surface area contributed by atoms with Crippen molar-refractivity contribution in [3.63, 3.8) is 0 Å². The van der Waals surface area contributed by atoms with Gasteiger partial charge in [0.05, 0.1) is 12.0 Å². The number of methoxy groups -OCH3 is 1. The summed E-state index contributed by atoms with van der Waals surface area (Å²) in [6, 6.07) is 6.12. The first-order valence-electron chi connectivity index (χ1n) is 6.21. The number of ether oxygens (including phenoxy) is 2. The van der Waals surface area contributed by atoms with Crippen molar-refractivity contribution in [1.82, 2.24) is 4.98 Å². The molecule has 0 unspecified atom stereocenters. The number of hydrogen-bond acceptors (Lipinski definition) is 6. The van der Waals surface area contributed by atoms with Crippen molar-refractivity contribution in [3.05, 3.63) is 51.7 Å². The molecule has 0 fully saturated rings. The number of nitrogens with two attached hydrogens (primary N) is 1. The average molecular weight is 289 g/mol. The summed E-state index contributed by atoms with van der Waals surface area (Å²) in [6.07, 6.45) is 1.58. The van der Waals surface area contributed by atoms with Crippen LogP contribution >= 0.6 is 0 Å². The van der Waals surface area contributed by atoms with Crippen molar-refractivity contribution in [1.29, 1.82) is 0 Å². The lowest BCUT2D eigenvalue weighted by molar-refractivity contribution is -0.385. The molecule has 0 aliphatic rings. The maximum Gasteiger partial charge on any atom is 0.311 e. The Balaban J connectivity index is 2.40. The van der Waals surface area contributed by atoms with Gasteiger partial charge >= 0.3 is 5.69 Å². The molecule has 0 spiro atoms. The Kier molecular flexibility index (Phi) is 4.34. The summed E-state index contributed by atoms with van der Waals surface area (Å²) in [4.78, 5) is 14.7. The van der Waals surface area contributed by atoms with E-state index in [-0.39, 0.29) is 11.4 Å². The van der Waals surface area contributed by atoms with Crippen molar-refractivity contribution in [3.8, 4) is 17.4 Å². The molecule has 1 heterocycles.